The molecule has 0 N–H and O–H groups in total. The molecule has 0 radical (unpaired) electrons. The van der Waals surface area contributed by atoms with Gasteiger partial charge in [0.15, 0.2) is 12.2 Å². The van der Waals surface area contributed by atoms with E-state index in [-0.39, 0.29) is 19.1 Å². The molecule has 0 bridgehead atoms. The molecule has 0 saturated heterocycles. The first-order chi connectivity index (χ1) is 15.6. The second kappa shape index (κ2) is 9.46. The van der Waals surface area contributed by atoms with Gasteiger partial charge in [-0.05, 0) is 66.7 Å². The number of amides is 1. The number of ether oxygens (including phenoxy) is 2. The highest BCUT2D eigenvalue weighted by Gasteiger charge is 2.17. The van der Waals surface area contributed by atoms with E-state index in [1.54, 1.807) is 61.7 Å². The lowest BCUT2D eigenvalue weighted by Gasteiger charge is -2.20. The van der Waals surface area contributed by atoms with Crippen LogP contribution in [0.2, 0.25) is 5.02 Å². The summed E-state index contributed by atoms with van der Waals surface area (Å²) in [5, 5.41) is 0.591. The highest BCUT2D eigenvalue weighted by Crippen LogP contribution is 2.28. The lowest BCUT2D eigenvalue weighted by Crippen LogP contribution is -2.35. The molecule has 0 aliphatic heterocycles. The number of benzene rings is 3. The highest BCUT2D eigenvalue weighted by atomic mass is 35.5. The van der Waals surface area contributed by atoms with Crippen molar-refractivity contribution in [1.29, 1.82) is 0 Å². The topological polar surface area (TPSA) is 64.8 Å². The van der Waals surface area contributed by atoms with Gasteiger partial charge < -0.3 is 13.9 Å². The first-order valence-electron chi connectivity index (χ1n) is 9.74. The van der Waals surface area contributed by atoms with Crippen molar-refractivity contribution < 1.29 is 18.7 Å². The molecule has 4 rings (SSSR count). The zero-order valence-electron chi connectivity index (χ0n) is 17.2. The zero-order valence-corrected chi connectivity index (χ0v) is 18.0. The Hall–Kier alpha value is -3.95. The van der Waals surface area contributed by atoms with Gasteiger partial charge in [-0.3, -0.25) is 9.69 Å². The molecular weight excluding hydrogens is 428 g/mol. The molecule has 0 aliphatic carbocycles. The molecular formula is C25H19ClN2O4. The van der Waals surface area contributed by atoms with E-state index >= 15 is 0 Å². The zero-order chi connectivity index (χ0) is 22.5. The number of carbonyl (C=O) groups is 1. The minimum atomic E-state index is -0.261. The van der Waals surface area contributed by atoms with Gasteiger partial charge in [0.05, 0.1) is 13.7 Å². The van der Waals surface area contributed by atoms with Crippen LogP contribution in [0.5, 0.6) is 11.5 Å². The Morgan fingerprint density at radius 1 is 1.09 bits per heavy atom. The Morgan fingerprint density at radius 2 is 1.81 bits per heavy atom. The maximum absolute atomic E-state index is 12.8. The molecule has 3 aromatic carbocycles. The number of anilines is 1. The van der Waals surface area contributed by atoms with Crippen molar-refractivity contribution in [3.8, 4) is 35.3 Å². The minimum Gasteiger partial charge on any atom is -0.497 e. The van der Waals surface area contributed by atoms with Crippen LogP contribution in [0.15, 0.2) is 71.1 Å². The lowest BCUT2D eigenvalue weighted by atomic mass is 10.2. The first kappa shape index (κ1) is 21.3. The van der Waals surface area contributed by atoms with Gasteiger partial charge in [-0.15, -0.1) is 6.42 Å². The molecule has 1 heterocycles. The summed E-state index contributed by atoms with van der Waals surface area (Å²) in [6.45, 7) is -0.0345. The van der Waals surface area contributed by atoms with Gasteiger partial charge in [-0.2, -0.15) is 0 Å². The SMILES string of the molecule is C#CCN(C(=O)COc1ccc(OC)cc1)c1ccc(-c2nc3cc(Cl)ccc3o2)cc1. The molecule has 160 valence electrons. The number of aromatic nitrogens is 1. The van der Waals surface area contributed by atoms with Crippen LogP contribution in [0, 0.1) is 12.3 Å². The Kier molecular flexibility index (Phi) is 6.29. The number of hydrogen-bond donors (Lipinski definition) is 0. The normalized spacial score (nSPS) is 10.5. The number of halogens is 1. The van der Waals surface area contributed by atoms with Crippen molar-refractivity contribution in [2.45, 2.75) is 0 Å². The molecule has 0 unspecified atom stereocenters. The smallest absolute Gasteiger partial charge is 0.265 e. The van der Waals surface area contributed by atoms with Crippen LogP contribution >= 0.6 is 11.6 Å². The van der Waals surface area contributed by atoms with E-state index in [0.29, 0.717) is 39.2 Å². The molecule has 7 heteroatoms. The maximum atomic E-state index is 12.8. The Morgan fingerprint density at radius 3 is 2.50 bits per heavy atom. The Labute approximate surface area is 190 Å². The fraction of sp³-hybridized carbons (Fsp3) is 0.120. The summed E-state index contributed by atoms with van der Waals surface area (Å²) in [5.41, 5.74) is 2.74. The van der Waals surface area contributed by atoms with Crippen molar-refractivity contribution in [2.75, 3.05) is 25.2 Å². The molecule has 0 fully saturated rings. The second-order valence-electron chi connectivity index (χ2n) is 6.83. The van der Waals surface area contributed by atoms with Gasteiger partial charge >= 0.3 is 0 Å². The molecule has 32 heavy (non-hydrogen) atoms. The fourth-order valence-electron chi connectivity index (χ4n) is 3.12. The van der Waals surface area contributed by atoms with Gasteiger partial charge in [0.1, 0.15) is 17.0 Å². The fourth-order valence-corrected chi connectivity index (χ4v) is 3.28. The summed E-state index contributed by atoms with van der Waals surface area (Å²) < 4.78 is 16.5. The number of carbonyl (C=O) groups excluding carboxylic acids is 1. The Balaban J connectivity index is 1.48. The van der Waals surface area contributed by atoms with Gasteiger partial charge in [-0.1, -0.05) is 17.5 Å². The third kappa shape index (κ3) is 4.69. The van der Waals surface area contributed by atoms with E-state index in [1.807, 2.05) is 12.1 Å². The predicted molar refractivity (Wildman–Crippen MR) is 124 cm³/mol. The van der Waals surface area contributed by atoms with Gasteiger partial charge in [0.25, 0.3) is 5.91 Å². The third-order valence-corrected chi connectivity index (χ3v) is 4.98. The molecule has 0 aliphatic rings. The van der Waals surface area contributed by atoms with E-state index < -0.39 is 0 Å². The van der Waals surface area contributed by atoms with Crippen LogP contribution in [0.3, 0.4) is 0 Å². The average Bonchev–Trinajstić information content (AvgIpc) is 3.24. The van der Waals surface area contributed by atoms with Crippen molar-refractivity contribution in [2.24, 2.45) is 0 Å². The minimum absolute atomic E-state index is 0.117. The Bertz CT molecular complexity index is 1270. The van der Waals surface area contributed by atoms with Crippen LogP contribution in [-0.4, -0.2) is 31.2 Å². The van der Waals surface area contributed by atoms with Crippen LogP contribution in [-0.2, 0) is 4.79 Å². The number of methoxy groups -OCH3 is 1. The monoisotopic (exact) mass is 446 g/mol. The lowest BCUT2D eigenvalue weighted by molar-refractivity contribution is -0.120. The van der Waals surface area contributed by atoms with Crippen LogP contribution in [0.1, 0.15) is 0 Å². The third-order valence-electron chi connectivity index (χ3n) is 4.75. The summed E-state index contributed by atoms with van der Waals surface area (Å²) in [7, 11) is 1.59. The van der Waals surface area contributed by atoms with Crippen LogP contribution in [0.25, 0.3) is 22.6 Å². The summed E-state index contributed by atoms with van der Waals surface area (Å²) in [6.07, 6.45) is 5.49. The molecule has 1 amide bonds. The maximum Gasteiger partial charge on any atom is 0.265 e. The van der Waals surface area contributed by atoms with Crippen molar-refractivity contribution in [1.82, 2.24) is 4.98 Å². The molecule has 0 atom stereocenters. The molecule has 0 saturated carbocycles. The van der Waals surface area contributed by atoms with Gasteiger partial charge in [0, 0.05) is 16.3 Å². The summed E-state index contributed by atoms with van der Waals surface area (Å²) >= 11 is 6.02. The quantitative estimate of drug-likeness (QED) is 0.365. The number of hydrogen-bond acceptors (Lipinski definition) is 5. The number of terminal acetylenes is 1. The van der Waals surface area contributed by atoms with Crippen LogP contribution in [0.4, 0.5) is 5.69 Å². The molecule has 0 spiro atoms. The van der Waals surface area contributed by atoms with E-state index in [0.717, 1.165) is 5.56 Å². The highest BCUT2D eigenvalue weighted by molar-refractivity contribution is 6.31. The van der Waals surface area contributed by atoms with Crippen molar-refractivity contribution >= 4 is 34.3 Å². The number of nitrogens with zero attached hydrogens (tertiary/aromatic N) is 2. The predicted octanol–water partition coefficient (Wildman–Crippen LogP) is 5.20. The summed E-state index contributed by atoms with van der Waals surface area (Å²) in [5.74, 6) is 3.99. The first-order valence-corrected chi connectivity index (χ1v) is 10.1. The van der Waals surface area contributed by atoms with E-state index in [2.05, 4.69) is 10.9 Å². The molecule has 6 nitrogen and oxygen atoms in total. The number of oxazole rings is 1. The van der Waals surface area contributed by atoms with Gasteiger partial charge in [0.2, 0.25) is 5.89 Å². The van der Waals surface area contributed by atoms with Crippen molar-refractivity contribution in [3.05, 3.63) is 71.8 Å². The van der Waals surface area contributed by atoms with E-state index in [1.165, 1.54) is 4.90 Å². The largest absolute Gasteiger partial charge is 0.497 e. The van der Waals surface area contributed by atoms with Gasteiger partial charge in [-0.25, -0.2) is 4.98 Å². The van der Waals surface area contributed by atoms with E-state index in [9.17, 15) is 4.79 Å². The van der Waals surface area contributed by atoms with E-state index in [4.69, 9.17) is 31.9 Å². The molecule has 1 aromatic heterocycles. The molecule has 4 aromatic rings. The van der Waals surface area contributed by atoms with Crippen molar-refractivity contribution in [3.63, 3.8) is 0 Å². The number of fused-ring (bicyclic) bond motifs is 1. The summed E-state index contributed by atoms with van der Waals surface area (Å²) in [6, 6.07) is 19.5. The van der Waals surface area contributed by atoms with Crippen LogP contribution < -0.4 is 14.4 Å². The standard InChI is InChI=1S/C25H19ClN2O4/c1-3-14-28(24(29)16-31-21-11-9-20(30-2)10-12-21)19-7-4-17(5-8-19)25-27-22-15-18(26)6-13-23(22)32-25/h1,4-13,15H,14,16H2,2H3. The number of rotatable bonds is 7. The summed E-state index contributed by atoms with van der Waals surface area (Å²) in [4.78, 5) is 18.7. The average molecular weight is 447 g/mol. The second-order valence-corrected chi connectivity index (χ2v) is 7.26.